The standard InChI is InChI=1S/C17H14BrN3O2/c18-13-3-1-2-11(8-13)9-20-16(22)15-10-23-17(21-15)12-4-6-14(19)7-5-12/h1-8,10H,9,19H2,(H,20,22). The Kier molecular flexibility index (Phi) is 4.43. The van der Waals surface area contributed by atoms with E-state index in [2.05, 4.69) is 26.2 Å². The van der Waals surface area contributed by atoms with Crippen molar-refractivity contribution >= 4 is 27.5 Å². The van der Waals surface area contributed by atoms with Crippen molar-refractivity contribution < 1.29 is 9.21 Å². The van der Waals surface area contributed by atoms with Gasteiger partial charge in [-0.3, -0.25) is 4.79 Å². The van der Waals surface area contributed by atoms with Gasteiger partial charge in [0.25, 0.3) is 5.91 Å². The van der Waals surface area contributed by atoms with Crippen molar-refractivity contribution in [2.45, 2.75) is 6.54 Å². The van der Waals surface area contributed by atoms with Gasteiger partial charge < -0.3 is 15.5 Å². The van der Waals surface area contributed by atoms with E-state index in [1.165, 1.54) is 6.26 Å². The van der Waals surface area contributed by atoms with Crippen LogP contribution in [0.1, 0.15) is 16.1 Å². The summed E-state index contributed by atoms with van der Waals surface area (Å²) in [6.45, 7) is 0.419. The highest BCUT2D eigenvalue weighted by Gasteiger charge is 2.13. The molecular formula is C17H14BrN3O2. The number of carbonyl (C=O) groups excluding carboxylic acids is 1. The fourth-order valence-corrected chi connectivity index (χ4v) is 2.50. The summed E-state index contributed by atoms with van der Waals surface area (Å²) in [7, 11) is 0. The van der Waals surface area contributed by atoms with Crippen LogP contribution in [0.5, 0.6) is 0 Å². The number of nitrogens with zero attached hydrogens (tertiary/aromatic N) is 1. The summed E-state index contributed by atoms with van der Waals surface area (Å²) in [5.74, 6) is 0.105. The van der Waals surface area contributed by atoms with Gasteiger partial charge in [0.05, 0.1) is 0 Å². The molecule has 3 rings (SSSR count). The molecular weight excluding hydrogens is 358 g/mol. The summed E-state index contributed by atoms with van der Waals surface area (Å²) >= 11 is 3.40. The predicted molar refractivity (Wildman–Crippen MR) is 91.7 cm³/mol. The molecule has 1 amide bonds. The molecule has 0 saturated carbocycles. The second kappa shape index (κ2) is 6.66. The van der Waals surface area contributed by atoms with Crippen LogP contribution >= 0.6 is 15.9 Å². The Labute approximate surface area is 141 Å². The van der Waals surface area contributed by atoms with Crippen LogP contribution < -0.4 is 11.1 Å². The molecule has 0 aliphatic carbocycles. The SMILES string of the molecule is Nc1ccc(-c2nc(C(=O)NCc3cccc(Br)c3)co2)cc1. The highest BCUT2D eigenvalue weighted by atomic mass is 79.9. The number of aromatic nitrogens is 1. The Hall–Kier alpha value is -2.60. The lowest BCUT2D eigenvalue weighted by Crippen LogP contribution is -2.23. The Morgan fingerprint density at radius 3 is 2.74 bits per heavy atom. The van der Waals surface area contributed by atoms with Crippen LogP contribution in [0, 0.1) is 0 Å². The Bertz CT molecular complexity index is 828. The maximum Gasteiger partial charge on any atom is 0.273 e. The molecule has 0 atom stereocenters. The quantitative estimate of drug-likeness (QED) is 0.686. The fraction of sp³-hybridized carbons (Fsp3) is 0.0588. The number of carbonyl (C=O) groups is 1. The first-order valence-corrected chi connectivity index (χ1v) is 7.75. The summed E-state index contributed by atoms with van der Waals surface area (Å²) in [5.41, 5.74) is 8.31. The molecule has 0 fully saturated rings. The highest BCUT2D eigenvalue weighted by molar-refractivity contribution is 9.10. The Morgan fingerprint density at radius 2 is 2.00 bits per heavy atom. The monoisotopic (exact) mass is 371 g/mol. The van der Waals surface area contributed by atoms with Crippen LogP contribution in [0.2, 0.25) is 0 Å². The summed E-state index contributed by atoms with van der Waals surface area (Å²) < 4.78 is 6.33. The van der Waals surface area contributed by atoms with Crippen molar-refractivity contribution in [1.82, 2.24) is 10.3 Å². The van der Waals surface area contributed by atoms with Gasteiger partial charge in [0.1, 0.15) is 6.26 Å². The number of benzene rings is 2. The van der Waals surface area contributed by atoms with Crippen LogP contribution in [0.3, 0.4) is 0 Å². The molecule has 0 aliphatic heterocycles. The van der Waals surface area contributed by atoms with Crippen molar-refractivity contribution in [3.05, 3.63) is 70.5 Å². The molecule has 0 bridgehead atoms. The smallest absolute Gasteiger partial charge is 0.273 e. The minimum Gasteiger partial charge on any atom is -0.444 e. The van der Waals surface area contributed by atoms with Gasteiger partial charge in [0.2, 0.25) is 5.89 Å². The van der Waals surface area contributed by atoms with Crippen molar-refractivity contribution in [1.29, 1.82) is 0 Å². The van der Waals surface area contributed by atoms with Gasteiger partial charge in [-0.1, -0.05) is 28.1 Å². The molecule has 0 saturated heterocycles. The molecule has 1 aromatic heterocycles. The third kappa shape index (κ3) is 3.78. The summed E-state index contributed by atoms with van der Waals surface area (Å²) in [4.78, 5) is 16.3. The number of anilines is 1. The number of nitrogen functional groups attached to an aromatic ring is 1. The van der Waals surface area contributed by atoms with Crippen LogP contribution in [0.4, 0.5) is 5.69 Å². The average molecular weight is 372 g/mol. The van der Waals surface area contributed by atoms with E-state index in [1.54, 1.807) is 24.3 Å². The van der Waals surface area contributed by atoms with Gasteiger partial charge in [0.15, 0.2) is 5.69 Å². The summed E-state index contributed by atoms with van der Waals surface area (Å²) in [6, 6.07) is 14.8. The maximum atomic E-state index is 12.1. The van der Waals surface area contributed by atoms with E-state index in [0.29, 0.717) is 18.1 Å². The third-order valence-electron chi connectivity index (χ3n) is 3.24. The minimum atomic E-state index is -0.282. The molecule has 0 aliphatic rings. The molecule has 3 aromatic rings. The van der Waals surface area contributed by atoms with E-state index in [-0.39, 0.29) is 11.6 Å². The summed E-state index contributed by atoms with van der Waals surface area (Å²) in [6.07, 6.45) is 1.35. The maximum absolute atomic E-state index is 12.1. The number of rotatable bonds is 4. The topological polar surface area (TPSA) is 81.1 Å². The Morgan fingerprint density at radius 1 is 1.22 bits per heavy atom. The number of hydrogen-bond acceptors (Lipinski definition) is 4. The lowest BCUT2D eigenvalue weighted by Gasteiger charge is -2.03. The lowest BCUT2D eigenvalue weighted by molar-refractivity contribution is 0.0946. The number of hydrogen-bond donors (Lipinski definition) is 2. The van der Waals surface area contributed by atoms with E-state index in [9.17, 15) is 4.79 Å². The fourth-order valence-electron chi connectivity index (χ4n) is 2.06. The molecule has 3 N–H and O–H groups in total. The third-order valence-corrected chi connectivity index (χ3v) is 3.73. The van der Waals surface area contributed by atoms with Gasteiger partial charge >= 0.3 is 0 Å². The van der Waals surface area contributed by atoms with Crippen LogP contribution in [0.15, 0.2) is 63.7 Å². The lowest BCUT2D eigenvalue weighted by atomic mass is 10.2. The largest absolute Gasteiger partial charge is 0.444 e. The van der Waals surface area contributed by atoms with Gasteiger partial charge in [-0.05, 0) is 42.0 Å². The molecule has 2 aromatic carbocycles. The second-order valence-corrected chi connectivity index (χ2v) is 5.89. The predicted octanol–water partition coefficient (Wildman–Crippen LogP) is 3.62. The number of amides is 1. The first kappa shape index (κ1) is 15.3. The first-order valence-electron chi connectivity index (χ1n) is 6.96. The van der Waals surface area contributed by atoms with E-state index in [1.807, 2.05) is 24.3 Å². The van der Waals surface area contributed by atoms with Crippen LogP contribution in [-0.2, 0) is 6.54 Å². The van der Waals surface area contributed by atoms with E-state index in [4.69, 9.17) is 10.2 Å². The zero-order valence-corrected chi connectivity index (χ0v) is 13.7. The Balaban J connectivity index is 1.67. The second-order valence-electron chi connectivity index (χ2n) is 4.97. The molecule has 116 valence electrons. The first-order chi connectivity index (χ1) is 11.1. The molecule has 0 radical (unpaired) electrons. The molecule has 0 unspecified atom stereocenters. The van der Waals surface area contributed by atoms with Crippen LogP contribution in [0.25, 0.3) is 11.5 Å². The van der Waals surface area contributed by atoms with Crippen molar-refractivity contribution in [3.8, 4) is 11.5 Å². The van der Waals surface area contributed by atoms with Gasteiger partial charge in [-0.25, -0.2) is 4.98 Å². The van der Waals surface area contributed by atoms with Crippen molar-refractivity contribution in [2.24, 2.45) is 0 Å². The molecule has 6 heteroatoms. The molecule has 1 heterocycles. The van der Waals surface area contributed by atoms with Crippen molar-refractivity contribution in [2.75, 3.05) is 5.73 Å². The van der Waals surface area contributed by atoms with Gasteiger partial charge in [-0.15, -0.1) is 0 Å². The van der Waals surface area contributed by atoms with Gasteiger partial charge in [-0.2, -0.15) is 0 Å². The number of halogens is 1. The van der Waals surface area contributed by atoms with Crippen LogP contribution in [-0.4, -0.2) is 10.9 Å². The van der Waals surface area contributed by atoms with Crippen molar-refractivity contribution in [3.63, 3.8) is 0 Å². The average Bonchev–Trinajstić information content (AvgIpc) is 3.03. The van der Waals surface area contributed by atoms with E-state index >= 15 is 0 Å². The summed E-state index contributed by atoms with van der Waals surface area (Å²) in [5, 5.41) is 2.81. The molecule has 0 spiro atoms. The molecule has 5 nitrogen and oxygen atoms in total. The number of nitrogens with two attached hydrogens (primary N) is 1. The normalized spacial score (nSPS) is 10.5. The van der Waals surface area contributed by atoms with Gasteiger partial charge in [0, 0.05) is 22.3 Å². The van der Waals surface area contributed by atoms with E-state index < -0.39 is 0 Å². The minimum absolute atomic E-state index is 0.242. The highest BCUT2D eigenvalue weighted by Crippen LogP contribution is 2.20. The number of nitrogens with one attached hydrogen (secondary N) is 1. The zero-order chi connectivity index (χ0) is 16.2. The zero-order valence-electron chi connectivity index (χ0n) is 12.1. The van der Waals surface area contributed by atoms with E-state index in [0.717, 1.165) is 15.6 Å². The molecule has 23 heavy (non-hydrogen) atoms. The number of oxazole rings is 1.